The molecular weight excluding hydrogens is 393 g/mol. The van der Waals surface area contributed by atoms with Crippen LogP contribution in [0.15, 0.2) is 54.7 Å². The molecule has 162 valence electrons. The monoisotopic (exact) mass is 421 g/mol. The molecule has 7 heteroatoms. The predicted octanol–water partition coefficient (Wildman–Crippen LogP) is 2.98. The Hall–Kier alpha value is -3.03. The van der Waals surface area contributed by atoms with Crippen molar-refractivity contribution in [1.29, 1.82) is 0 Å². The molecule has 4 rings (SSSR count). The summed E-state index contributed by atoms with van der Waals surface area (Å²) in [4.78, 5) is 15.7. The van der Waals surface area contributed by atoms with Crippen molar-refractivity contribution in [2.24, 2.45) is 5.73 Å². The maximum absolute atomic E-state index is 13.9. The van der Waals surface area contributed by atoms with Crippen molar-refractivity contribution < 1.29 is 9.18 Å². The molecule has 3 aromatic rings. The average molecular weight is 422 g/mol. The number of hydrogen-bond donors (Lipinski definition) is 1. The lowest BCUT2D eigenvalue weighted by Gasteiger charge is -2.34. The Morgan fingerprint density at radius 2 is 1.81 bits per heavy atom. The van der Waals surface area contributed by atoms with Gasteiger partial charge >= 0.3 is 0 Å². The fraction of sp³-hybridized carbons (Fsp3) is 0.333. The number of piperazine rings is 1. The van der Waals surface area contributed by atoms with E-state index in [1.165, 1.54) is 12.1 Å². The van der Waals surface area contributed by atoms with E-state index in [2.05, 4.69) is 35.1 Å². The van der Waals surface area contributed by atoms with Gasteiger partial charge in [-0.3, -0.25) is 9.69 Å². The van der Waals surface area contributed by atoms with Crippen LogP contribution in [0.25, 0.3) is 16.9 Å². The summed E-state index contributed by atoms with van der Waals surface area (Å²) >= 11 is 0. The third kappa shape index (κ3) is 5.37. The minimum Gasteiger partial charge on any atom is -0.370 e. The van der Waals surface area contributed by atoms with Crippen molar-refractivity contribution in [1.82, 2.24) is 19.6 Å². The number of carbonyl (C=O) groups is 1. The van der Waals surface area contributed by atoms with Crippen LogP contribution in [0.4, 0.5) is 4.39 Å². The lowest BCUT2D eigenvalue weighted by Crippen LogP contribution is -2.46. The summed E-state index contributed by atoms with van der Waals surface area (Å²) < 4.78 is 15.8. The number of primary amides is 1. The van der Waals surface area contributed by atoms with Crippen LogP contribution < -0.4 is 5.73 Å². The Kier molecular flexibility index (Phi) is 6.44. The van der Waals surface area contributed by atoms with Crippen molar-refractivity contribution in [2.45, 2.75) is 19.9 Å². The molecule has 31 heavy (non-hydrogen) atoms. The number of amides is 1. The molecule has 1 aromatic heterocycles. The molecule has 2 aromatic carbocycles. The number of hydrogen-bond acceptors (Lipinski definition) is 4. The number of benzene rings is 2. The predicted molar refractivity (Wildman–Crippen MR) is 119 cm³/mol. The van der Waals surface area contributed by atoms with Gasteiger partial charge < -0.3 is 10.6 Å². The van der Waals surface area contributed by atoms with Crippen molar-refractivity contribution in [3.8, 4) is 16.9 Å². The van der Waals surface area contributed by atoms with Gasteiger partial charge in [-0.1, -0.05) is 24.3 Å². The third-order valence-electron chi connectivity index (χ3n) is 5.69. The fourth-order valence-corrected chi connectivity index (χ4v) is 3.99. The normalized spacial score (nSPS) is 15.3. The van der Waals surface area contributed by atoms with Crippen LogP contribution in [0.2, 0.25) is 0 Å². The summed E-state index contributed by atoms with van der Waals surface area (Å²) in [6.45, 7) is 7.10. The molecule has 0 radical (unpaired) electrons. The molecule has 1 aliphatic rings. The van der Waals surface area contributed by atoms with Crippen molar-refractivity contribution in [3.63, 3.8) is 0 Å². The first-order valence-corrected chi connectivity index (χ1v) is 10.6. The van der Waals surface area contributed by atoms with E-state index in [1.807, 2.05) is 22.9 Å². The van der Waals surface area contributed by atoms with Crippen molar-refractivity contribution >= 4 is 5.91 Å². The van der Waals surface area contributed by atoms with E-state index in [0.717, 1.165) is 60.8 Å². The smallest absolute Gasteiger partial charge is 0.218 e. The molecule has 0 spiro atoms. The van der Waals surface area contributed by atoms with Crippen LogP contribution in [0, 0.1) is 12.7 Å². The summed E-state index contributed by atoms with van der Waals surface area (Å²) in [7, 11) is 0. The van der Waals surface area contributed by atoms with E-state index in [1.54, 1.807) is 6.07 Å². The molecule has 1 amide bonds. The Morgan fingerprint density at radius 3 is 2.52 bits per heavy atom. The van der Waals surface area contributed by atoms with Crippen LogP contribution in [0.1, 0.15) is 17.5 Å². The maximum atomic E-state index is 13.9. The van der Waals surface area contributed by atoms with Crippen LogP contribution in [-0.2, 0) is 11.3 Å². The summed E-state index contributed by atoms with van der Waals surface area (Å²) in [5, 5.41) is 4.82. The third-order valence-corrected chi connectivity index (χ3v) is 5.69. The topological polar surface area (TPSA) is 67.4 Å². The molecule has 2 N–H and O–H groups in total. The van der Waals surface area contributed by atoms with Gasteiger partial charge in [0.1, 0.15) is 5.82 Å². The Morgan fingerprint density at radius 1 is 1.06 bits per heavy atom. The van der Waals surface area contributed by atoms with Crippen LogP contribution in [0.3, 0.4) is 0 Å². The van der Waals surface area contributed by atoms with Gasteiger partial charge in [0.2, 0.25) is 5.91 Å². The van der Waals surface area contributed by atoms with Crippen LogP contribution in [0.5, 0.6) is 0 Å². The Bertz CT molecular complexity index is 1060. The van der Waals surface area contributed by atoms with E-state index in [-0.39, 0.29) is 11.7 Å². The Balaban J connectivity index is 1.55. The zero-order valence-corrected chi connectivity index (χ0v) is 17.8. The van der Waals surface area contributed by atoms with Gasteiger partial charge in [-0.15, -0.1) is 0 Å². The molecule has 1 fully saturated rings. The molecule has 6 nitrogen and oxygen atoms in total. The molecule has 2 heterocycles. The SMILES string of the molecule is Cc1cccc(-n2cc(CN3CCN(CCC(N)=O)CC3)c(-c3cccc(F)c3)n2)c1. The summed E-state index contributed by atoms with van der Waals surface area (Å²) in [5.41, 5.74) is 10.1. The van der Waals surface area contributed by atoms with E-state index >= 15 is 0 Å². The molecule has 1 aliphatic heterocycles. The number of carbonyl (C=O) groups excluding carboxylic acids is 1. The minimum absolute atomic E-state index is 0.259. The van der Waals surface area contributed by atoms with Crippen LogP contribution >= 0.6 is 0 Å². The van der Waals surface area contributed by atoms with E-state index in [9.17, 15) is 9.18 Å². The van der Waals surface area contributed by atoms with Gasteiger partial charge in [0.05, 0.1) is 11.4 Å². The maximum Gasteiger partial charge on any atom is 0.218 e. The second-order valence-corrected chi connectivity index (χ2v) is 8.13. The second-order valence-electron chi connectivity index (χ2n) is 8.13. The van der Waals surface area contributed by atoms with Crippen molar-refractivity contribution in [3.05, 3.63) is 71.7 Å². The van der Waals surface area contributed by atoms with Crippen molar-refractivity contribution in [2.75, 3.05) is 32.7 Å². The van der Waals surface area contributed by atoms with Gasteiger partial charge in [0.15, 0.2) is 0 Å². The quantitative estimate of drug-likeness (QED) is 0.637. The zero-order chi connectivity index (χ0) is 21.8. The highest BCUT2D eigenvalue weighted by Gasteiger charge is 2.20. The van der Waals surface area contributed by atoms with Gasteiger partial charge in [0.25, 0.3) is 0 Å². The largest absolute Gasteiger partial charge is 0.370 e. The van der Waals surface area contributed by atoms with Crippen LogP contribution in [-0.4, -0.2) is 58.2 Å². The first-order valence-electron chi connectivity index (χ1n) is 10.6. The number of nitrogens with zero attached hydrogens (tertiary/aromatic N) is 4. The number of aromatic nitrogens is 2. The molecule has 0 bridgehead atoms. The zero-order valence-electron chi connectivity index (χ0n) is 17.8. The molecular formula is C24H28FN5O. The number of aryl methyl sites for hydroxylation is 1. The van der Waals surface area contributed by atoms with E-state index < -0.39 is 0 Å². The highest BCUT2D eigenvalue weighted by Crippen LogP contribution is 2.26. The second kappa shape index (κ2) is 9.41. The highest BCUT2D eigenvalue weighted by atomic mass is 19.1. The van der Waals surface area contributed by atoms with Gasteiger partial charge in [-0.2, -0.15) is 5.10 Å². The molecule has 0 atom stereocenters. The van der Waals surface area contributed by atoms with Gasteiger partial charge in [-0.05, 0) is 36.8 Å². The standard InChI is InChI=1S/C24H28FN5O/c1-18-4-2-7-22(14-18)30-17-20(24(27-30)19-5-3-6-21(25)15-19)16-29-12-10-28(11-13-29)9-8-23(26)31/h2-7,14-15,17H,8-13,16H2,1H3,(H2,26,31). The average Bonchev–Trinajstić information content (AvgIpc) is 3.17. The first-order chi connectivity index (χ1) is 15.0. The Labute approximate surface area is 182 Å². The number of rotatable bonds is 7. The van der Waals surface area contributed by atoms with E-state index in [4.69, 9.17) is 10.8 Å². The van der Waals surface area contributed by atoms with Gasteiger partial charge in [0, 0.05) is 63.0 Å². The number of nitrogens with two attached hydrogens (primary N) is 1. The molecule has 0 unspecified atom stereocenters. The number of halogens is 1. The summed E-state index contributed by atoms with van der Waals surface area (Å²) in [6, 6.07) is 14.8. The van der Waals surface area contributed by atoms with E-state index in [0.29, 0.717) is 13.0 Å². The fourth-order valence-electron chi connectivity index (χ4n) is 3.99. The molecule has 1 saturated heterocycles. The molecule has 0 saturated carbocycles. The lowest BCUT2D eigenvalue weighted by atomic mass is 10.1. The first kappa shape index (κ1) is 21.2. The van der Waals surface area contributed by atoms with Gasteiger partial charge in [-0.25, -0.2) is 9.07 Å². The highest BCUT2D eigenvalue weighted by molar-refractivity contribution is 5.73. The summed E-state index contributed by atoms with van der Waals surface area (Å²) in [6.07, 6.45) is 2.45. The lowest BCUT2D eigenvalue weighted by molar-refractivity contribution is -0.118. The molecule has 0 aliphatic carbocycles. The summed E-state index contributed by atoms with van der Waals surface area (Å²) in [5.74, 6) is -0.526. The minimum atomic E-state index is -0.267.